The quantitative estimate of drug-likeness (QED) is 0.715. The zero-order chi connectivity index (χ0) is 12.9. The van der Waals surface area contributed by atoms with Crippen molar-refractivity contribution in [3.63, 3.8) is 0 Å². The summed E-state index contributed by atoms with van der Waals surface area (Å²) in [6.07, 6.45) is 7.92. The monoisotopic (exact) mass is 340 g/mol. The number of hydrogen-bond donors (Lipinski definition) is 1. The van der Waals surface area contributed by atoms with Crippen LogP contribution in [0, 0.1) is 0 Å². The maximum absolute atomic E-state index is 7.57. The van der Waals surface area contributed by atoms with Crippen molar-refractivity contribution in [2.24, 2.45) is 0 Å². The normalized spacial score (nSPS) is 6.75. The molecule has 0 heterocycles. The molecular weight excluding hydrogens is 303 g/mol. The van der Waals surface area contributed by atoms with Crippen LogP contribution in [0.3, 0.4) is 0 Å². The Hall–Kier alpha value is 0.759. The number of hydrogen-bond acceptors (Lipinski definition) is 1. The molecule has 0 fully saturated rings. The van der Waals surface area contributed by atoms with Crippen LogP contribution in [-0.4, -0.2) is 35.6 Å². The minimum atomic E-state index is 0. The molecule has 0 amide bonds. The summed E-state index contributed by atoms with van der Waals surface area (Å²) in [5.74, 6) is 0. The zero-order valence-electron chi connectivity index (χ0n) is 12.9. The van der Waals surface area contributed by atoms with Crippen LogP contribution in [-0.2, 0) is 0 Å². The van der Waals surface area contributed by atoms with E-state index in [9.17, 15) is 0 Å². The molecule has 16 heavy (non-hydrogen) atoms. The summed E-state index contributed by atoms with van der Waals surface area (Å²) in [6, 6.07) is 0. The van der Waals surface area contributed by atoms with Crippen molar-refractivity contribution >= 4 is 23.9 Å². The average molecular weight is 339 g/mol. The van der Waals surface area contributed by atoms with E-state index in [-0.39, 0.29) is 30.5 Å². The van der Waals surface area contributed by atoms with Crippen molar-refractivity contribution in [3.05, 3.63) is 0 Å². The standard InChI is InChI=1S/3C4H10.C2H6O.Sn/c3*1-3-4-2;1-2-3;/h3*3-4H2,1-2H3;3H,2H2,1H3;. The van der Waals surface area contributed by atoms with Crippen molar-refractivity contribution in [2.45, 2.75) is 87.0 Å². The summed E-state index contributed by atoms with van der Waals surface area (Å²) in [5, 5.41) is 7.57. The topological polar surface area (TPSA) is 20.2 Å². The molecule has 0 unspecified atom stereocenters. The Balaban J connectivity index is -0.0000000331. The first-order valence-electron chi connectivity index (χ1n) is 6.77. The SMILES string of the molecule is CCCC.CCCC.CCCC.CCO.[Sn]. The van der Waals surface area contributed by atoms with Gasteiger partial charge in [-0.15, -0.1) is 0 Å². The maximum Gasteiger partial charge on any atom is 0.0402 e. The second kappa shape index (κ2) is 57.0. The molecule has 0 spiro atoms. The van der Waals surface area contributed by atoms with Crippen LogP contribution < -0.4 is 0 Å². The van der Waals surface area contributed by atoms with Gasteiger partial charge >= 0.3 is 0 Å². The molecule has 2 heteroatoms. The maximum atomic E-state index is 7.57. The second-order valence-corrected chi connectivity index (χ2v) is 3.32. The Morgan fingerprint density at radius 2 is 0.562 bits per heavy atom. The molecule has 1 nitrogen and oxygen atoms in total. The van der Waals surface area contributed by atoms with Gasteiger partial charge in [-0.25, -0.2) is 0 Å². The molecule has 0 aliphatic heterocycles. The molecule has 4 radical (unpaired) electrons. The molecule has 0 rings (SSSR count). The Bertz CT molecular complexity index is 34.5. The van der Waals surface area contributed by atoms with Gasteiger partial charge in [-0.2, -0.15) is 0 Å². The number of rotatable bonds is 3. The van der Waals surface area contributed by atoms with Crippen molar-refractivity contribution in [1.82, 2.24) is 0 Å². The summed E-state index contributed by atoms with van der Waals surface area (Å²) in [7, 11) is 0. The minimum absolute atomic E-state index is 0. The summed E-state index contributed by atoms with van der Waals surface area (Å²) < 4.78 is 0. The van der Waals surface area contributed by atoms with Gasteiger partial charge in [0.05, 0.1) is 0 Å². The Labute approximate surface area is 122 Å². The van der Waals surface area contributed by atoms with E-state index in [1.54, 1.807) is 6.92 Å². The van der Waals surface area contributed by atoms with Crippen LogP contribution in [0.4, 0.5) is 0 Å². The Morgan fingerprint density at radius 3 is 0.562 bits per heavy atom. The van der Waals surface area contributed by atoms with Crippen LogP contribution in [0.25, 0.3) is 0 Å². The summed E-state index contributed by atoms with van der Waals surface area (Å²) in [4.78, 5) is 0. The fourth-order valence-electron chi connectivity index (χ4n) is 0. The van der Waals surface area contributed by atoms with Crippen molar-refractivity contribution in [3.8, 4) is 0 Å². The van der Waals surface area contributed by atoms with Crippen LogP contribution in [0.5, 0.6) is 0 Å². The molecule has 0 aliphatic rings. The van der Waals surface area contributed by atoms with E-state index in [2.05, 4.69) is 41.5 Å². The molecule has 102 valence electrons. The first kappa shape index (κ1) is 30.1. The molecule has 0 saturated heterocycles. The third-order valence-corrected chi connectivity index (χ3v) is 1.50. The van der Waals surface area contributed by atoms with Gasteiger partial charge in [-0.3, -0.25) is 0 Å². The molecule has 0 aromatic carbocycles. The molecule has 1 N–H and O–H groups in total. The van der Waals surface area contributed by atoms with Crippen molar-refractivity contribution < 1.29 is 5.11 Å². The third-order valence-electron chi connectivity index (χ3n) is 1.50. The Morgan fingerprint density at radius 1 is 0.500 bits per heavy atom. The minimum Gasteiger partial charge on any atom is -0.397 e. The van der Waals surface area contributed by atoms with Crippen molar-refractivity contribution in [1.29, 1.82) is 0 Å². The first-order chi connectivity index (χ1) is 7.16. The van der Waals surface area contributed by atoms with Gasteiger partial charge in [0.1, 0.15) is 0 Å². The molecule has 0 saturated carbocycles. The molecule has 0 aromatic heterocycles. The van der Waals surface area contributed by atoms with Gasteiger partial charge in [0.2, 0.25) is 0 Å². The van der Waals surface area contributed by atoms with Gasteiger partial charge < -0.3 is 5.11 Å². The van der Waals surface area contributed by atoms with E-state index in [0.717, 1.165) is 0 Å². The molecule has 0 aromatic rings. The zero-order valence-corrected chi connectivity index (χ0v) is 15.8. The fourth-order valence-corrected chi connectivity index (χ4v) is 0. The summed E-state index contributed by atoms with van der Waals surface area (Å²) in [5.41, 5.74) is 0. The number of aliphatic hydroxyl groups excluding tert-OH is 1. The third kappa shape index (κ3) is 198. The van der Waals surface area contributed by atoms with Crippen LogP contribution in [0.2, 0.25) is 0 Å². The summed E-state index contributed by atoms with van der Waals surface area (Å²) >= 11 is 0. The van der Waals surface area contributed by atoms with Gasteiger partial charge in [0, 0.05) is 30.5 Å². The first-order valence-corrected chi connectivity index (χ1v) is 6.77. The van der Waals surface area contributed by atoms with E-state index in [4.69, 9.17) is 5.11 Å². The van der Waals surface area contributed by atoms with E-state index >= 15 is 0 Å². The van der Waals surface area contributed by atoms with Crippen molar-refractivity contribution in [2.75, 3.05) is 6.61 Å². The predicted octanol–water partition coefficient (Wildman–Crippen LogP) is 5.04. The van der Waals surface area contributed by atoms with Gasteiger partial charge in [-0.1, -0.05) is 80.1 Å². The predicted molar refractivity (Wildman–Crippen MR) is 80.3 cm³/mol. The molecule has 0 bridgehead atoms. The number of aliphatic hydroxyl groups is 1. The van der Waals surface area contributed by atoms with E-state index < -0.39 is 0 Å². The number of unbranched alkanes of at least 4 members (excludes halogenated alkanes) is 3. The van der Waals surface area contributed by atoms with Crippen LogP contribution in [0.1, 0.15) is 87.0 Å². The molecule has 0 aliphatic carbocycles. The van der Waals surface area contributed by atoms with Gasteiger partial charge in [-0.05, 0) is 6.92 Å². The van der Waals surface area contributed by atoms with Crippen LogP contribution >= 0.6 is 0 Å². The van der Waals surface area contributed by atoms with Gasteiger partial charge in [0.25, 0.3) is 0 Å². The van der Waals surface area contributed by atoms with Crippen LogP contribution in [0.15, 0.2) is 0 Å². The van der Waals surface area contributed by atoms with Gasteiger partial charge in [0.15, 0.2) is 0 Å². The second-order valence-electron chi connectivity index (χ2n) is 3.32. The van der Waals surface area contributed by atoms with E-state index in [1.165, 1.54) is 38.5 Å². The van der Waals surface area contributed by atoms with E-state index in [1.807, 2.05) is 0 Å². The summed E-state index contributed by atoms with van der Waals surface area (Å²) in [6.45, 7) is 15.0. The Kier molecular flexibility index (Phi) is 107. The smallest absolute Gasteiger partial charge is 0.0402 e. The largest absolute Gasteiger partial charge is 0.397 e. The average Bonchev–Trinajstić information content (AvgIpc) is 2.30. The molecular formula is C14H36OSn. The molecule has 0 atom stereocenters. The fraction of sp³-hybridized carbons (Fsp3) is 1.00. The van der Waals surface area contributed by atoms with E-state index in [0.29, 0.717) is 0 Å².